The van der Waals surface area contributed by atoms with Gasteiger partial charge in [-0.3, -0.25) is 0 Å². The first-order chi connectivity index (χ1) is 7.19. The first-order valence-corrected chi connectivity index (χ1v) is 5.02. The van der Waals surface area contributed by atoms with Crippen LogP contribution < -0.4 is 5.32 Å². The minimum Gasteiger partial charge on any atom is -0.394 e. The van der Waals surface area contributed by atoms with Crippen molar-refractivity contribution in [1.82, 2.24) is 9.97 Å². The van der Waals surface area contributed by atoms with Crippen LogP contribution in [0.4, 0.5) is 5.82 Å². The Morgan fingerprint density at radius 3 is 2.53 bits per heavy atom. The zero-order valence-corrected chi connectivity index (χ0v) is 9.06. The van der Waals surface area contributed by atoms with E-state index in [0.29, 0.717) is 11.6 Å². The molecule has 84 valence electrons. The van der Waals surface area contributed by atoms with Crippen LogP contribution in [0.15, 0.2) is 6.07 Å². The third kappa shape index (κ3) is 3.45. The van der Waals surface area contributed by atoms with Gasteiger partial charge in [0.2, 0.25) is 0 Å². The van der Waals surface area contributed by atoms with E-state index >= 15 is 0 Å². The Morgan fingerprint density at radius 2 is 2.00 bits per heavy atom. The molecule has 0 aliphatic carbocycles. The van der Waals surface area contributed by atoms with Crippen LogP contribution >= 0.6 is 0 Å². The Bertz CT molecular complexity index is 314. The van der Waals surface area contributed by atoms with Crippen LogP contribution in [-0.4, -0.2) is 39.4 Å². The van der Waals surface area contributed by atoms with E-state index in [0.717, 1.165) is 12.1 Å². The number of rotatable bonds is 5. The molecule has 3 N–H and O–H groups in total. The molecule has 5 nitrogen and oxygen atoms in total. The molecule has 0 aliphatic heterocycles. The van der Waals surface area contributed by atoms with Crippen LogP contribution in [0.5, 0.6) is 0 Å². The summed E-state index contributed by atoms with van der Waals surface area (Å²) in [6.07, 6.45) is 0.834. The van der Waals surface area contributed by atoms with Crippen LogP contribution in [0, 0.1) is 6.92 Å². The number of anilines is 1. The lowest BCUT2D eigenvalue weighted by Crippen LogP contribution is -2.28. The Balaban J connectivity index is 2.79. The van der Waals surface area contributed by atoms with Crippen LogP contribution in [-0.2, 0) is 6.42 Å². The van der Waals surface area contributed by atoms with Gasteiger partial charge in [-0.25, -0.2) is 9.97 Å². The SMILES string of the molecule is CCc1cc(NC(CO)CO)nc(C)n1. The largest absolute Gasteiger partial charge is 0.394 e. The van der Waals surface area contributed by atoms with Crippen molar-refractivity contribution in [2.45, 2.75) is 26.3 Å². The first kappa shape index (κ1) is 11.9. The lowest BCUT2D eigenvalue weighted by Gasteiger charge is -2.14. The Morgan fingerprint density at radius 1 is 1.33 bits per heavy atom. The molecular weight excluding hydrogens is 194 g/mol. The third-order valence-electron chi connectivity index (χ3n) is 2.05. The molecule has 15 heavy (non-hydrogen) atoms. The number of aryl methyl sites for hydroxylation is 2. The number of nitrogens with one attached hydrogen (secondary N) is 1. The molecule has 0 aromatic carbocycles. The molecule has 0 bridgehead atoms. The molecule has 1 aromatic rings. The molecule has 0 spiro atoms. The Kier molecular flexibility index (Phi) is 4.45. The van der Waals surface area contributed by atoms with Gasteiger partial charge in [0.05, 0.1) is 19.3 Å². The van der Waals surface area contributed by atoms with Crippen molar-refractivity contribution in [3.8, 4) is 0 Å². The van der Waals surface area contributed by atoms with E-state index in [1.807, 2.05) is 19.9 Å². The van der Waals surface area contributed by atoms with E-state index in [1.165, 1.54) is 0 Å². The maximum atomic E-state index is 8.92. The molecule has 5 heteroatoms. The van der Waals surface area contributed by atoms with Gasteiger partial charge in [0, 0.05) is 11.8 Å². The highest BCUT2D eigenvalue weighted by molar-refractivity contribution is 5.37. The Hall–Kier alpha value is -1.20. The smallest absolute Gasteiger partial charge is 0.130 e. The van der Waals surface area contributed by atoms with Crippen molar-refractivity contribution >= 4 is 5.82 Å². The molecule has 0 aliphatic rings. The fourth-order valence-corrected chi connectivity index (χ4v) is 1.24. The normalized spacial score (nSPS) is 10.7. The highest BCUT2D eigenvalue weighted by Crippen LogP contribution is 2.08. The summed E-state index contributed by atoms with van der Waals surface area (Å²) in [4.78, 5) is 8.41. The van der Waals surface area contributed by atoms with Gasteiger partial charge in [0.15, 0.2) is 0 Å². The van der Waals surface area contributed by atoms with Gasteiger partial charge >= 0.3 is 0 Å². The highest BCUT2D eigenvalue weighted by Gasteiger charge is 2.07. The number of nitrogens with zero attached hydrogens (tertiary/aromatic N) is 2. The molecule has 0 fully saturated rings. The summed E-state index contributed by atoms with van der Waals surface area (Å²) in [5.41, 5.74) is 0.944. The standard InChI is InChI=1S/C10H17N3O2/c1-3-8-4-10(12-7(2)11-8)13-9(5-14)6-15/h4,9,14-15H,3,5-6H2,1-2H3,(H,11,12,13). The molecule has 1 rings (SSSR count). The molecular formula is C10H17N3O2. The molecule has 0 amide bonds. The van der Waals surface area contributed by atoms with Crippen molar-refractivity contribution in [2.75, 3.05) is 18.5 Å². The molecule has 0 radical (unpaired) electrons. The molecule has 0 unspecified atom stereocenters. The van der Waals surface area contributed by atoms with E-state index in [-0.39, 0.29) is 19.3 Å². The quantitative estimate of drug-likeness (QED) is 0.644. The van der Waals surface area contributed by atoms with E-state index in [4.69, 9.17) is 10.2 Å². The van der Waals surface area contributed by atoms with Crippen LogP contribution in [0.25, 0.3) is 0 Å². The van der Waals surface area contributed by atoms with Crippen molar-refractivity contribution < 1.29 is 10.2 Å². The van der Waals surface area contributed by atoms with E-state index in [1.54, 1.807) is 0 Å². The topological polar surface area (TPSA) is 78.3 Å². The fraction of sp³-hybridized carbons (Fsp3) is 0.600. The van der Waals surface area contributed by atoms with Gasteiger partial charge in [-0.2, -0.15) is 0 Å². The Labute approximate surface area is 89.2 Å². The van der Waals surface area contributed by atoms with Gasteiger partial charge < -0.3 is 15.5 Å². The second-order valence-corrected chi connectivity index (χ2v) is 3.35. The summed E-state index contributed by atoms with van der Waals surface area (Å²) in [6, 6.07) is 1.45. The van der Waals surface area contributed by atoms with Crippen molar-refractivity contribution in [3.63, 3.8) is 0 Å². The minimum absolute atomic E-state index is 0.124. The van der Waals surface area contributed by atoms with Gasteiger partial charge in [0.25, 0.3) is 0 Å². The molecule has 0 saturated carbocycles. The molecule has 1 heterocycles. The molecule has 0 atom stereocenters. The van der Waals surface area contributed by atoms with E-state index in [2.05, 4.69) is 15.3 Å². The van der Waals surface area contributed by atoms with Crippen LogP contribution in [0.2, 0.25) is 0 Å². The zero-order valence-electron chi connectivity index (χ0n) is 9.06. The maximum absolute atomic E-state index is 8.92. The van der Waals surface area contributed by atoms with Crippen LogP contribution in [0.3, 0.4) is 0 Å². The summed E-state index contributed by atoms with van der Waals surface area (Å²) < 4.78 is 0. The zero-order chi connectivity index (χ0) is 11.3. The van der Waals surface area contributed by atoms with Crippen molar-refractivity contribution in [2.24, 2.45) is 0 Å². The number of aliphatic hydroxyl groups excluding tert-OH is 2. The summed E-state index contributed by atoms with van der Waals surface area (Å²) in [7, 11) is 0. The summed E-state index contributed by atoms with van der Waals surface area (Å²) >= 11 is 0. The average Bonchev–Trinajstić information content (AvgIpc) is 2.25. The first-order valence-electron chi connectivity index (χ1n) is 5.02. The summed E-state index contributed by atoms with van der Waals surface area (Å²) in [5, 5.41) is 20.8. The number of aromatic nitrogens is 2. The highest BCUT2D eigenvalue weighted by atomic mass is 16.3. The van der Waals surface area contributed by atoms with Gasteiger partial charge in [-0.15, -0.1) is 0 Å². The lowest BCUT2D eigenvalue weighted by molar-refractivity contribution is 0.203. The summed E-state index contributed by atoms with van der Waals surface area (Å²) in [6.45, 7) is 3.58. The predicted molar refractivity (Wildman–Crippen MR) is 57.7 cm³/mol. The fourth-order valence-electron chi connectivity index (χ4n) is 1.24. The number of aliphatic hydroxyl groups is 2. The van der Waals surface area contributed by atoms with Crippen LogP contribution in [0.1, 0.15) is 18.4 Å². The monoisotopic (exact) mass is 211 g/mol. The molecule has 1 aromatic heterocycles. The minimum atomic E-state index is -0.371. The van der Waals surface area contributed by atoms with E-state index in [9.17, 15) is 0 Å². The maximum Gasteiger partial charge on any atom is 0.130 e. The van der Waals surface area contributed by atoms with E-state index < -0.39 is 0 Å². The van der Waals surface area contributed by atoms with Gasteiger partial charge in [-0.05, 0) is 13.3 Å². The summed E-state index contributed by atoms with van der Waals surface area (Å²) in [5.74, 6) is 1.33. The number of hydrogen-bond donors (Lipinski definition) is 3. The third-order valence-corrected chi connectivity index (χ3v) is 2.05. The second kappa shape index (κ2) is 5.63. The van der Waals surface area contributed by atoms with Gasteiger partial charge in [-0.1, -0.05) is 6.92 Å². The second-order valence-electron chi connectivity index (χ2n) is 3.35. The van der Waals surface area contributed by atoms with Crippen molar-refractivity contribution in [3.05, 3.63) is 17.6 Å². The van der Waals surface area contributed by atoms with Gasteiger partial charge in [0.1, 0.15) is 11.6 Å². The number of hydrogen-bond acceptors (Lipinski definition) is 5. The lowest BCUT2D eigenvalue weighted by atomic mass is 10.3. The van der Waals surface area contributed by atoms with Crippen molar-refractivity contribution in [1.29, 1.82) is 0 Å². The average molecular weight is 211 g/mol. The molecule has 0 saturated heterocycles. The predicted octanol–water partition coefficient (Wildman–Crippen LogP) is 0.113.